The molecule has 2 aliphatic rings. The third kappa shape index (κ3) is 3.37. The van der Waals surface area contributed by atoms with Crippen LogP contribution in [0.15, 0.2) is 0 Å². The van der Waals surface area contributed by atoms with Gasteiger partial charge in [-0.25, -0.2) is 0 Å². The summed E-state index contributed by atoms with van der Waals surface area (Å²) in [5.74, 6) is 2.62. The van der Waals surface area contributed by atoms with Gasteiger partial charge in [0, 0.05) is 31.4 Å². The second-order valence-electron chi connectivity index (χ2n) is 5.87. The Morgan fingerprint density at radius 2 is 2.29 bits per heavy atom. The second kappa shape index (κ2) is 5.91. The normalized spacial score (nSPS) is 34.8. The van der Waals surface area contributed by atoms with Gasteiger partial charge in [-0.05, 0) is 24.6 Å². The second-order valence-corrected chi connectivity index (χ2v) is 7.02. The highest BCUT2D eigenvalue weighted by Crippen LogP contribution is 2.37. The van der Waals surface area contributed by atoms with Crippen molar-refractivity contribution >= 4 is 11.8 Å². The topological polar surface area (TPSA) is 24.5 Å². The molecule has 2 heterocycles. The lowest BCUT2D eigenvalue weighted by Gasteiger charge is -2.47. The largest absolute Gasteiger partial charge is 0.374 e. The molecule has 3 nitrogen and oxygen atoms in total. The molecule has 1 N–H and O–H groups in total. The van der Waals surface area contributed by atoms with Gasteiger partial charge >= 0.3 is 0 Å². The molecule has 0 bridgehead atoms. The van der Waals surface area contributed by atoms with Crippen LogP contribution in [0.3, 0.4) is 0 Å². The van der Waals surface area contributed by atoms with Crippen LogP contribution in [-0.4, -0.2) is 61.8 Å². The zero-order chi connectivity index (χ0) is 12.3. The minimum Gasteiger partial charge on any atom is -0.374 e. The Kier molecular flexibility index (Phi) is 4.75. The number of nitrogens with one attached hydrogen (secondary N) is 1. The van der Waals surface area contributed by atoms with Crippen molar-refractivity contribution < 1.29 is 4.74 Å². The highest BCUT2D eigenvalue weighted by molar-refractivity contribution is 7.99. The van der Waals surface area contributed by atoms with Gasteiger partial charge in [-0.15, -0.1) is 0 Å². The van der Waals surface area contributed by atoms with Crippen LogP contribution in [0.4, 0.5) is 0 Å². The first-order valence-electron chi connectivity index (χ1n) is 6.71. The number of hydrogen-bond donors (Lipinski definition) is 1. The van der Waals surface area contributed by atoms with Crippen molar-refractivity contribution in [3.8, 4) is 0 Å². The fourth-order valence-corrected chi connectivity index (χ4v) is 4.62. The van der Waals surface area contributed by atoms with Gasteiger partial charge in [0.2, 0.25) is 0 Å². The summed E-state index contributed by atoms with van der Waals surface area (Å²) in [4.78, 5) is 2.66. The molecule has 0 aliphatic carbocycles. The first kappa shape index (κ1) is 13.7. The minimum atomic E-state index is 0.372. The molecule has 2 unspecified atom stereocenters. The molecule has 0 aromatic heterocycles. The lowest BCUT2D eigenvalue weighted by atomic mass is 9.81. The van der Waals surface area contributed by atoms with Gasteiger partial charge in [-0.1, -0.05) is 13.8 Å². The monoisotopic (exact) mass is 258 g/mol. The first-order chi connectivity index (χ1) is 8.13. The number of rotatable bonds is 3. The van der Waals surface area contributed by atoms with Crippen LogP contribution in [0.5, 0.6) is 0 Å². The van der Waals surface area contributed by atoms with Crippen LogP contribution in [0, 0.1) is 5.41 Å². The van der Waals surface area contributed by atoms with E-state index in [0.717, 1.165) is 32.3 Å². The molecule has 0 amide bonds. The van der Waals surface area contributed by atoms with Gasteiger partial charge < -0.3 is 10.1 Å². The number of hydrogen-bond acceptors (Lipinski definition) is 4. The van der Waals surface area contributed by atoms with E-state index in [1.807, 2.05) is 7.05 Å². The standard InChI is InChI=1S/C13H26N2OS/c1-13(2)4-7-17-10-12(13)15-5-6-16-11(9-15)8-14-3/h11-12,14H,4-10H2,1-3H3. The number of nitrogens with zero attached hydrogens (tertiary/aromatic N) is 1. The number of morpholine rings is 1. The summed E-state index contributed by atoms with van der Waals surface area (Å²) in [6, 6.07) is 0.726. The third-order valence-corrected chi connectivity index (χ3v) is 5.16. The van der Waals surface area contributed by atoms with Gasteiger partial charge in [0.05, 0.1) is 12.7 Å². The Morgan fingerprint density at radius 3 is 3.00 bits per heavy atom. The average molecular weight is 258 g/mol. The fourth-order valence-electron chi connectivity index (χ4n) is 2.90. The van der Waals surface area contributed by atoms with Crippen LogP contribution in [0.25, 0.3) is 0 Å². The van der Waals surface area contributed by atoms with Gasteiger partial charge in [-0.3, -0.25) is 4.90 Å². The van der Waals surface area contributed by atoms with E-state index in [4.69, 9.17) is 4.74 Å². The molecule has 2 aliphatic heterocycles. The van der Waals surface area contributed by atoms with Crippen LogP contribution in [0.2, 0.25) is 0 Å². The molecule has 0 aromatic carbocycles. The lowest BCUT2D eigenvalue weighted by molar-refractivity contribution is -0.0567. The van der Waals surface area contributed by atoms with Crippen LogP contribution in [-0.2, 0) is 4.74 Å². The van der Waals surface area contributed by atoms with E-state index in [9.17, 15) is 0 Å². The van der Waals surface area contributed by atoms with Gasteiger partial charge in [-0.2, -0.15) is 11.8 Å². The van der Waals surface area contributed by atoms with Gasteiger partial charge in [0.1, 0.15) is 0 Å². The highest BCUT2D eigenvalue weighted by atomic mass is 32.2. The molecule has 0 saturated carbocycles. The van der Waals surface area contributed by atoms with Gasteiger partial charge in [0.15, 0.2) is 0 Å². The quantitative estimate of drug-likeness (QED) is 0.828. The van der Waals surface area contributed by atoms with Crippen molar-refractivity contribution in [2.75, 3.05) is 44.8 Å². The van der Waals surface area contributed by atoms with Crippen LogP contribution in [0.1, 0.15) is 20.3 Å². The summed E-state index contributed by atoms with van der Waals surface area (Å²) < 4.78 is 5.80. The van der Waals surface area contributed by atoms with E-state index in [1.54, 1.807) is 0 Å². The SMILES string of the molecule is CNCC1CN(C2CSCCC2(C)C)CCO1. The minimum absolute atomic E-state index is 0.372. The number of ether oxygens (including phenoxy) is 1. The summed E-state index contributed by atoms with van der Waals surface area (Å²) >= 11 is 2.12. The predicted molar refractivity (Wildman–Crippen MR) is 74.8 cm³/mol. The Hall–Kier alpha value is 0.230. The molecule has 2 atom stereocenters. The average Bonchev–Trinajstić information content (AvgIpc) is 2.29. The molecule has 0 spiro atoms. The molecule has 0 radical (unpaired) electrons. The van der Waals surface area contributed by atoms with Crippen molar-refractivity contribution in [3.05, 3.63) is 0 Å². The van der Waals surface area contributed by atoms with Gasteiger partial charge in [0.25, 0.3) is 0 Å². The third-order valence-electron chi connectivity index (χ3n) is 4.11. The first-order valence-corrected chi connectivity index (χ1v) is 7.87. The van der Waals surface area contributed by atoms with E-state index in [1.165, 1.54) is 17.9 Å². The van der Waals surface area contributed by atoms with E-state index < -0.39 is 0 Å². The Balaban J connectivity index is 1.95. The highest BCUT2D eigenvalue weighted by Gasteiger charge is 2.38. The molecule has 100 valence electrons. The molecule has 4 heteroatoms. The molecule has 2 rings (SSSR count). The fraction of sp³-hybridized carbons (Fsp3) is 1.00. The zero-order valence-electron chi connectivity index (χ0n) is 11.4. The summed E-state index contributed by atoms with van der Waals surface area (Å²) in [7, 11) is 2.00. The maximum atomic E-state index is 5.80. The zero-order valence-corrected chi connectivity index (χ0v) is 12.2. The Morgan fingerprint density at radius 1 is 1.47 bits per heavy atom. The molecule has 2 fully saturated rings. The van der Waals surface area contributed by atoms with E-state index >= 15 is 0 Å². The van der Waals surface area contributed by atoms with Crippen molar-refractivity contribution in [2.24, 2.45) is 5.41 Å². The predicted octanol–water partition coefficient (Wildman–Crippen LogP) is 1.44. The maximum absolute atomic E-state index is 5.80. The summed E-state index contributed by atoms with van der Waals surface area (Å²) in [5.41, 5.74) is 0.465. The molecule has 2 saturated heterocycles. The van der Waals surface area contributed by atoms with Crippen molar-refractivity contribution in [2.45, 2.75) is 32.4 Å². The van der Waals surface area contributed by atoms with E-state index in [0.29, 0.717) is 11.5 Å². The van der Waals surface area contributed by atoms with Crippen LogP contribution >= 0.6 is 11.8 Å². The number of likely N-dealkylation sites (N-methyl/N-ethyl adjacent to an activating group) is 1. The van der Waals surface area contributed by atoms with Crippen LogP contribution < -0.4 is 5.32 Å². The molecule has 17 heavy (non-hydrogen) atoms. The summed E-state index contributed by atoms with van der Waals surface area (Å²) in [6.07, 6.45) is 1.72. The summed E-state index contributed by atoms with van der Waals surface area (Å²) in [5, 5.41) is 3.22. The Labute approximate surface area is 110 Å². The summed E-state index contributed by atoms with van der Waals surface area (Å²) in [6.45, 7) is 8.92. The van der Waals surface area contributed by atoms with E-state index in [-0.39, 0.29) is 0 Å². The number of thioether (sulfide) groups is 1. The molecular formula is C13H26N2OS. The lowest BCUT2D eigenvalue weighted by Crippen LogP contribution is -2.56. The van der Waals surface area contributed by atoms with Crippen molar-refractivity contribution in [3.63, 3.8) is 0 Å². The molecular weight excluding hydrogens is 232 g/mol. The maximum Gasteiger partial charge on any atom is 0.0826 e. The van der Waals surface area contributed by atoms with Crippen molar-refractivity contribution in [1.29, 1.82) is 0 Å². The molecule has 0 aromatic rings. The smallest absolute Gasteiger partial charge is 0.0826 e. The Bertz CT molecular complexity index is 246. The van der Waals surface area contributed by atoms with E-state index in [2.05, 4.69) is 35.8 Å². The van der Waals surface area contributed by atoms with Crippen molar-refractivity contribution in [1.82, 2.24) is 10.2 Å².